The van der Waals surface area contributed by atoms with Crippen LogP contribution in [0.1, 0.15) is 44.9 Å². The summed E-state index contributed by atoms with van der Waals surface area (Å²) < 4.78 is 50.0. The molecule has 2 atom stereocenters. The van der Waals surface area contributed by atoms with Gasteiger partial charge in [0.25, 0.3) is 6.43 Å². The molecule has 0 radical (unpaired) electrons. The summed E-state index contributed by atoms with van der Waals surface area (Å²) in [5.41, 5.74) is 1.07. The summed E-state index contributed by atoms with van der Waals surface area (Å²) in [6.45, 7) is 4.81. The number of imidazole rings is 1. The third-order valence-corrected chi connectivity index (χ3v) is 9.10. The van der Waals surface area contributed by atoms with Crippen molar-refractivity contribution < 1.29 is 17.9 Å². The Morgan fingerprint density at radius 3 is 2.42 bits per heavy atom. The number of anilines is 2. The molecule has 218 valence electrons. The highest BCUT2D eigenvalue weighted by Gasteiger charge is 2.30. The second-order valence-electron chi connectivity index (χ2n) is 10.7. The fraction of sp³-hybridized carbons (Fsp3) is 0.607. The molecule has 1 N–H and O–H groups in total. The highest BCUT2D eigenvalue weighted by molar-refractivity contribution is 14.1. The molecule has 3 aromatic rings. The fourth-order valence-electron chi connectivity index (χ4n) is 5.82. The first-order valence-electron chi connectivity index (χ1n) is 14.0. The topological polar surface area (TPSA) is 71.3 Å². The number of fused-ring (bicyclic) bond motifs is 1. The Bertz CT molecular complexity index is 1260. The number of alkyl halides is 4. The van der Waals surface area contributed by atoms with Crippen molar-refractivity contribution in [3.8, 4) is 5.82 Å². The van der Waals surface area contributed by atoms with E-state index >= 15 is 0 Å². The van der Waals surface area contributed by atoms with E-state index in [0.717, 1.165) is 30.1 Å². The number of morpholine rings is 1. The molecule has 2 aliphatic rings. The summed E-state index contributed by atoms with van der Waals surface area (Å²) in [7, 11) is 2.04. The normalized spacial score (nSPS) is 21.8. The molecule has 1 aromatic carbocycles. The molecule has 2 fully saturated rings. The van der Waals surface area contributed by atoms with E-state index in [2.05, 4.69) is 42.7 Å². The predicted molar refractivity (Wildman–Crippen MR) is 160 cm³/mol. The molecule has 2 unspecified atom stereocenters. The van der Waals surface area contributed by atoms with Gasteiger partial charge in [0.1, 0.15) is 17.8 Å². The predicted octanol–water partition coefficient (Wildman–Crippen LogP) is 5.65. The number of rotatable bonds is 10. The zero-order valence-electron chi connectivity index (χ0n) is 22.9. The van der Waals surface area contributed by atoms with Gasteiger partial charge in [-0.25, -0.2) is 18.2 Å². The molecular formula is C28H37F3IN7O. The number of benzene rings is 1. The summed E-state index contributed by atoms with van der Waals surface area (Å²) in [6, 6.07) is 9.17. The molecule has 40 heavy (non-hydrogen) atoms. The minimum atomic E-state index is -2.76. The number of ether oxygens (including phenoxy) is 1. The molecule has 1 aliphatic heterocycles. The van der Waals surface area contributed by atoms with Crippen molar-refractivity contribution in [1.29, 1.82) is 0 Å². The lowest BCUT2D eigenvalue weighted by atomic mass is 9.85. The summed E-state index contributed by atoms with van der Waals surface area (Å²) in [4.78, 5) is 18.0. The second-order valence-corrected chi connectivity index (χ2v) is 11.6. The Labute approximate surface area is 246 Å². The van der Waals surface area contributed by atoms with E-state index in [1.54, 1.807) is 31.2 Å². The number of hydrogen-bond acceptors (Lipinski definition) is 7. The van der Waals surface area contributed by atoms with Crippen molar-refractivity contribution in [2.75, 3.05) is 54.5 Å². The van der Waals surface area contributed by atoms with Gasteiger partial charge in [-0.05, 0) is 57.7 Å². The van der Waals surface area contributed by atoms with Crippen LogP contribution in [0.25, 0.3) is 16.9 Å². The largest absolute Gasteiger partial charge is 0.378 e. The van der Waals surface area contributed by atoms with Gasteiger partial charge in [-0.3, -0.25) is 9.47 Å². The number of aromatic nitrogens is 4. The van der Waals surface area contributed by atoms with Crippen LogP contribution in [0.15, 0.2) is 30.3 Å². The van der Waals surface area contributed by atoms with Crippen LogP contribution in [-0.2, 0) is 4.74 Å². The van der Waals surface area contributed by atoms with Gasteiger partial charge >= 0.3 is 0 Å². The average molecular weight is 672 g/mol. The Morgan fingerprint density at radius 1 is 1.05 bits per heavy atom. The van der Waals surface area contributed by atoms with Crippen LogP contribution < -0.4 is 10.2 Å². The summed E-state index contributed by atoms with van der Waals surface area (Å²) in [5.74, 6) is 1.53. The zero-order valence-corrected chi connectivity index (χ0v) is 25.1. The van der Waals surface area contributed by atoms with Crippen molar-refractivity contribution >= 4 is 45.4 Å². The van der Waals surface area contributed by atoms with Gasteiger partial charge in [0.2, 0.25) is 5.95 Å². The van der Waals surface area contributed by atoms with E-state index in [0.29, 0.717) is 73.4 Å². The van der Waals surface area contributed by atoms with Gasteiger partial charge in [0.15, 0.2) is 5.82 Å². The van der Waals surface area contributed by atoms with Crippen LogP contribution in [0.2, 0.25) is 0 Å². The molecule has 12 heteroatoms. The van der Waals surface area contributed by atoms with E-state index in [9.17, 15) is 13.2 Å². The second kappa shape index (κ2) is 13.2. The van der Waals surface area contributed by atoms with E-state index in [4.69, 9.17) is 14.7 Å². The lowest BCUT2D eigenvalue weighted by Gasteiger charge is -2.39. The molecule has 2 aromatic heterocycles. The Balaban J connectivity index is 1.36. The molecule has 0 bridgehead atoms. The molecule has 1 aliphatic carbocycles. The first kappa shape index (κ1) is 29.3. The van der Waals surface area contributed by atoms with Crippen LogP contribution in [0.4, 0.5) is 24.9 Å². The number of nitrogens with one attached hydrogen (secondary N) is 1. The van der Waals surface area contributed by atoms with Crippen molar-refractivity contribution in [2.45, 2.75) is 57.3 Å². The van der Waals surface area contributed by atoms with E-state index in [1.165, 1.54) is 4.57 Å². The maximum atomic E-state index is 14.1. The summed E-state index contributed by atoms with van der Waals surface area (Å²) >= 11 is 2.27. The highest BCUT2D eigenvalue weighted by atomic mass is 127. The lowest BCUT2D eigenvalue weighted by Crippen LogP contribution is -2.47. The standard InChI is InChI=1S/C28H37F3IN7O/c1-18(29)23(16-32)37(2)20-9-7-19(8-10-20)17-33-28-35-24(38-11-13-40-14-12-38)15-25(36-28)39-22-6-4-3-5-21(22)34-27(39)26(30)31/h3-6,15,18-20,23,26H,7-14,16-17H2,1-2H3,(H,33,35,36). The molecular weight excluding hydrogens is 634 g/mol. The maximum Gasteiger partial charge on any atom is 0.296 e. The number of nitrogens with zero attached hydrogens (tertiary/aromatic N) is 6. The van der Waals surface area contributed by atoms with Gasteiger partial charge < -0.3 is 15.0 Å². The average Bonchev–Trinajstić information content (AvgIpc) is 3.37. The van der Waals surface area contributed by atoms with Crippen molar-refractivity contribution in [2.24, 2.45) is 5.92 Å². The third-order valence-electron chi connectivity index (χ3n) is 8.20. The van der Waals surface area contributed by atoms with Crippen LogP contribution >= 0.6 is 22.6 Å². The fourth-order valence-corrected chi connectivity index (χ4v) is 7.14. The van der Waals surface area contributed by atoms with Crippen molar-refractivity contribution in [1.82, 2.24) is 24.4 Å². The molecule has 3 heterocycles. The van der Waals surface area contributed by atoms with E-state index in [-0.39, 0.29) is 11.9 Å². The minimum absolute atomic E-state index is 0.0626. The molecule has 1 saturated heterocycles. The lowest BCUT2D eigenvalue weighted by molar-refractivity contribution is 0.0897. The first-order chi connectivity index (χ1) is 19.4. The monoisotopic (exact) mass is 671 g/mol. The maximum absolute atomic E-state index is 14.1. The van der Waals surface area contributed by atoms with Gasteiger partial charge in [-0.2, -0.15) is 9.97 Å². The van der Waals surface area contributed by atoms with E-state index < -0.39 is 12.6 Å². The van der Waals surface area contributed by atoms with Crippen LogP contribution in [0.3, 0.4) is 0 Å². The van der Waals surface area contributed by atoms with Crippen molar-refractivity contribution in [3.05, 3.63) is 36.2 Å². The zero-order chi connectivity index (χ0) is 28.2. The van der Waals surface area contributed by atoms with Crippen molar-refractivity contribution in [3.63, 3.8) is 0 Å². The van der Waals surface area contributed by atoms with Gasteiger partial charge in [0.05, 0.1) is 24.2 Å². The van der Waals surface area contributed by atoms with E-state index in [1.807, 2.05) is 13.1 Å². The molecule has 1 saturated carbocycles. The minimum Gasteiger partial charge on any atom is -0.378 e. The highest BCUT2D eigenvalue weighted by Crippen LogP contribution is 2.31. The van der Waals surface area contributed by atoms with Gasteiger partial charge in [-0.15, -0.1) is 0 Å². The Hall–Kier alpha value is -2.19. The smallest absolute Gasteiger partial charge is 0.296 e. The SMILES string of the molecule is CC(F)C(CI)N(C)C1CCC(CNc2nc(N3CCOCC3)cc(-n3c(C(F)F)nc4ccccc43)n2)CC1. The Morgan fingerprint density at radius 2 is 1.75 bits per heavy atom. The summed E-state index contributed by atoms with van der Waals surface area (Å²) in [5, 5.41) is 3.41. The number of para-hydroxylation sites is 2. The Kier molecular flexibility index (Phi) is 9.67. The van der Waals surface area contributed by atoms with Crippen LogP contribution in [-0.4, -0.2) is 87.0 Å². The third kappa shape index (κ3) is 6.48. The van der Waals surface area contributed by atoms with Crippen LogP contribution in [0.5, 0.6) is 0 Å². The molecule has 0 spiro atoms. The van der Waals surface area contributed by atoms with Crippen LogP contribution in [0, 0.1) is 5.92 Å². The molecule has 8 nitrogen and oxygen atoms in total. The van der Waals surface area contributed by atoms with Gasteiger partial charge in [-0.1, -0.05) is 34.7 Å². The quantitative estimate of drug-likeness (QED) is 0.221. The number of hydrogen-bond donors (Lipinski definition) is 1. The number of halogens is 4. The molecule has 5 rings (SSSR count). The van der Waals surface area contributed by atoms with Gasteiger partial charge in [0, 0.05) is 42.2 Å². The first-order valence-corrected chi connectivity index (χ1v) is 15.5. The summed E-state index contributed by atoms with van der Waals surface area (Å²) in [6.07, 6.45) is 0.460. The molecule has 0 amide bonds.